The largest absolute Gasteiger partial charge is 0.514 e. The number of hydrogen-bond acceptors (Lipinski definition) is 6. The lowest BCUT2D eigenvalue weighted by molar-refractivity contribution is -0.119. The number of nitrogens with one attached hydrogen (secondary N) is 2. The standard InChI is InChI=1S/C39H52N4O4/c1-6-8-10-11-12-15-25-40-37(44)27-41-31-23-24-33-34(26-31)43(36(42-33)18-9-7-2)28-29-19-21-30(22-20-29)32-16-13-14-17-35(32)46-38(45)47-39(3,4)5/h13-14,16-17,19-24,26,41H,6-12,15,18,25,27-28H2,1-5H3,(H,40,44). The number of carbonyl (C=O) groups is 2. The first-order chi connectivity index (χ1) is 22.7. The van der Waals surface area contributed by atoms with Gasteiger partial charge in [0.05, 0.1) is 17.6 Å². The van der Waals surface area contributed by atoms with Crippen LogP contribution >= 0.6 is 0 Å². The van der Waals surface area contributed by atoms with Crippen molar-refractivity contribution in [1.29, 1.82) is 0 Å². The van der Waals surface area contributed by atoms with E-state index in [9.17, 15) is 9.59 Å². The SMILES string of the molecule is CCCCCCCCNC(=O)CNc1ccc2nc(CCCC)n(Cc3ccc(-c4ccccc4OC(=O)OC(C)(C)C)cc3)c2c1. The Bertz CT molecular complexity index is 1590. The fraction of sp³-hybridized carbons (Fsp3) is 0.462. The van der Waals surface area contributed by atoms with Gasteiger partial charge < -0.3 is 24.7 Å². The predicted octanol–water partition coefficient (Wildman–Crippen LogP) is 9.30. The third-order valence-corrected chi connectivity index (χ3v) is 7.96. The van der Waals surface area contributed by atoms with Crippen LogP contribution in [0.2, 0.25) is 0 Å². The molecule has 252 valence electrons. The fourth-order valence-electron chi connectivity index (χ4n) is 5.49. The molecule has 0 saturated carbocycles. The van der Waals surface area contributed by atoms with E-state index >= 15 is 0 Å². The molecule has 0 spiro atoms. The van der Waals surface area contributed by atoms with Gasteiger partial charge in [0.2, 0.25) is 5.91 Å². The van der Waals surface area contributed by atoms with Crippen molar-refractivity contribution in [2.75, 3.05) is 18.4 Å². The van der Waals surface area contributed by atoms with Gasteiger partial charge >= 0.3 is 6.16 Å². The lowest BCUT2D eigenvalue weighted by atomic mass is 10.0. The molecule has 0 aliphatic rings. The Kier molecular flexibility index (Phi) is 13.3. The molecule has 4 rings (SSSR count). The second kappa shape index (κ2) is 17.5. The van der Waals surface area contributed by atoms with Crippen LogP contribution in [-0.4, -0.2) is 40.3 Å². The maximum atomic E-state index is 12.5. The number of ether oxygens (including phenoxy) is 2. The Morgan fingerprint density at radius 2 is 1.57 bits per heavy atom. The highest BCUT2D eigenvalue weighted by Gasteiger charge is 2.20. The third-order valence-electron chi connectivity index (χ3n) is 7.96. The van der Waals surface area contributed by atoms with Gasteiger partial charge in [0.25, 0.3) is 0 Å². The molecule has 1 heterocycles. The Hall–Kier alpha value is -4.33. The van der Waals surface area contributed by atoms with Crippen LogP contribution in [0.5, 0.6) is 5.75 Å². The van der Waals surface area contributed by atoms with Crippen molar-refractivity contribution in [2.24, 2.45) is 0 Å². The lowest BCUT2D eigenvalue weighted by Gasteiger charge is -2.19. The van der Waals surface area contributed by atoms with Crippen LogP contribution in [-0.2, 0) is 22.5 Å². The number of amides is 1. The lowest BCUT2D eigenvalue weighted by Crippen LogP contribution is -2.30. The Morgan fingerprint density at radius 1 is 0.851 bits per heavy atom. The van der Waals surface area contributed by atoms with E-state index in [1.165, 1.54) is 25.7 Å². The highest BCUT2D eigenvalue weighted by Crippen LogP contribution is 2.31. The topological polar surface area (TPSA) is 94.5 Å². The first kappa shape index (κ1) is 35.5. The van der Waals surface area contributed by atoms with Gasteiger partial charge in [-0.05, 0) is 69.0 Å². The molecule has 3 aromatic carbocycles. The summed E-state index contributed by atoms with van der Waals surface area (Å²) in [7, 11) is 0. The van der Waals surface area contributed by atoms with E-state index in [-0.39, 0.29) is 12.5 Å². The second-order valence-electron chi connectivity index (χ2n) is 13.2. The van der Waals surface area contributed by atoms with E-state index in [0.717, 1.165) is 77.9 Å². The van der Waals surface area contributed by atoms with Gasteiger partial charge in [-0.2, -0.15) is 0 Å². The van der Waals surface area contributed by atoms with E-state index in [1.807, 2.05) is 63.2 Å². The van der Waals surface area contributed by atoms with Gasteiger partial charge in [0.1, 0.15) is 17.2 Å². The van der Waals surface area contributed by atoms with Gasteiger partial charge in [0, 0.05) is 30.8 Å². The number of aromatic nitrogens is 2. The van der Waals surface area contributed by atoms with Crippen molar-refractivity contribution in [3.8, 4) is 16.9 Å². The molecule has 2 N–H and O–H groups in total. The molecular formula is C39H52N4O4. The highest BCUT2D eigenvalue weighted by atomic mass is 16.7. The number of nitrogens with zero attached hydrogens (tertiary/aromatic N) is 2. The van der Waals surface area contributed by atoms with Gasteiger partial charge in [-0.25, -0.2) is 9.78 Å². The van der Waals surface area contributed by atoms with Crippen molar-refractivity contribution in [2.45, 2.75) is 105 Å². The molecule has 0 radical (unpaired) electrons. The number of unbranched alkanes of at least 4 members (excludes halogenated alkanes) is 6. The Labute approximate surface area is 280 Å². The number of hydrogen-bond donors (Lipinski definition) is 2. The quantitative estimate of drug-likeness (QED) is 0.0679. The molecule has 0 unspecified atom stereocenters. The van der Waals surface area contributed by atoms with Gasteiger partial charge in [0.15, 0.2) is 0 Å². The molecule has 1 aromatic heterocycles. The van der Waals surface area contributed by atoms with Crippen LogP contribution < -0.4 is 15.4 Å². The number of anilines is 1. The zero-order valence-corrected chi connectivity index (χ0v) is 28.9. The zero-order chi connectivity index (χ0) is 33.6. The summed E-state index contributed by atoms with van der Waals surface area (Å²) in [6.45, 7) is 11.5. The van der Waals surface area contributed by atoms with Crippen LogP contribution in [0.3, 0.4) is 0 Å². The molecule has 0 aliphatic heterocycles. The summed E-state index contributed by atoms with van der Waals surface area (Å²) in [5, 5.41) is 6.35. The zero-order valence-electron chi connectivity index (χ0n) is 28.9. The summed E-state index contributed by atoms with van der Waals surface area (Å²) in [6, 6.07) is 21.9. The van der Waals surface area contributed by atoms with Crippen molar-refractivity contribution >= 4 is 28.8 Å². The maximum Gasteiger partial charge on any atom is 0.514 e. The number of imidazole rings is 1. The predicted molar refractivity (Wildman–Crippen MR) is 191 cm³/mol. The number of aryl methyl sites for hydroxylation is 1. The molecule has 0 bridgehead atoms. The number of fused-ring (bicyclic) bond motifs is 1. The third kappa shape index (κ3) is 11.2. The summed E-state index contributed by atoms with van der Waals surface area (Å²) in [4.78, 5) is 29.8. The average Bonchev–Trinajstić information content (AvgIpc) is 3.38. The van der Waals surface area contributed by atoms with E-state index in [0.29, 0.717) is 12.3 Å². The van der Waals surface area contributed by atoms with Crippen molar-refractivity contribution in [1.82, 2.24) is 14.9 Å². The van der Waals surface area contributed by atoms with E-state index in [4.69, 9.17) is 14.5 Å². The minimum absolute atomic E-state index is 0.00829. The van der Waals surface area contributed by atoms with Crippen molar-refractivity contribution in [3.05, 3.63) is 78.1 Å². The van der Waals surface area contributed by atoms with E-state index in [2.05, 4.69) is 47.2 Å². The van der Waals surface area contributed by atoms with Gasteiger partial charge in [-0.1, -0.05) is 94.8 Å². The summed E-state index contributed by atoms with van der Waals surface area (Å²) in [5.41, 5.74) is 5.12. The number of para-hydroxylation sites is 1. The van der Waals surface area contributed by atoms with Crippen LogP contribution in [0.25, 0.3) is 22.2 Å². The van der Waals surface area contributed by atoms with E-state index in [1.54, 1.807) is 6.07 Å². The van der Waals surface area contributed by atoms with Crippen molar-refractivity contribution in [3.63, 3.8) is 0 Å². The molecule has 8 heteroatoms. The molecule has 0 saturated heterocycles. The summed E-state index contributed by atoms with van der Waals surface area (Å²) in [5.74, 6) is 1.51. The molecule has 1 amide bonds. The molecule has 8 nitrogen and oxygen atoms in total. The van der Waals surface area contributed by atoms with Crippen LogP contribution in [0.4, 0.5) is 10.5 Å². The number of rotatable bonds is 17. The Balaban J connectivity index is 1.45. The van der Waals surface area contributed by atoms with Gasteiger partial charge in [-0.3, -0.25) is 4.79 Å². The van der Waals surface area contributed by atoms with Crippen LogP contribution in [0.1, 0.15) is 97.4 Å². The van der Waals surface area contributed by atoms with Crippen LogP contribution in [0.15, 0.2) is 66.7 Å². The maximum absolute atomic E-state index is 12.5. The highest BCUT2D eigenvalue weighted by molar-refractivity contribution is 5.84. The summed E-state index contributed by atoms with van der Waals surface area (Å²) >= 11 is 0. The molecule has 0 fully saturated rings. The molecular weight excluding hydrogens is 588 g/mol. The molecule has 47 heavy (non-hydrogen) atoms. The Morgan fingerprint density at radius 3 is 2.32 bits per heavy atom. The summed E-state index contributed by atoms with van der Waals surface area (Å²) < 4.78 is 13.2. The molecule has 0 aliphatic carbocycles. The van der Waals surface area contributed by atoms with Crippen molar-refractivity contribution < 1.29 is 19.1 Å². The molecule has 4 aromatic rings. The van der Waals surface area contributed by atoms with Gasteiger partial charge in [-0.15, -0.1) is 0 Å². The summed E-state index contributed by atoms with van der Waals surface area (Å²) in [6.07, 6.45) is 9.53. The first-order valence-electron chi connectivity index (χ1n) is 17.3. The van der Waals surface area contributed by atoms with E-state index < -0.39 is 11.8 Å². The normalized spacial score (nSPS) is 11.4. The first-order valence-corrected chi connectivity index (χ1v) is 17.3. The average molecular weight is 641 g/mol. The van der Waals surface area contributed by atoms with Crippen LogP contribution in [0, 0.1) is 0 Å². The fourth-order valence-corrected chi connectivity index (χ4v) is 5.49. The minimum Gasteiger partial charge on any atom is -0.428 e. The smallest absolute Gasteiger partial charge is 0.428 e. The number of carbonyl (C=O) groups excluding carboxylic acids is 2. The second-order valence-corrected chi connectivity index (χ2v) is 13.2. The molecule has 0 atom stereocenters. The monoisotopic (exact) mass is 640 g/mol. The minimum atomic E-state index is -0.726. The number of benzene rings is 3.